The number of aryl methyl sites for hydroxylation is 2. The second-order valence-corrected chi connectivity index (χ2v) is 5.45. The van der Waals surface area contributed by atoms with Crippen LogP contribution in [0.25, 0.3) is 0 Å². The number of hydrogen-bond donors (Lipinski definition) is 2. The molecule has 4 nitrogen and oxygen atoms in total. The molecule has 0 saturated heterocycles. The molecule has 0 atom stereocenters. The molecule has 2 aromatic heterocycles. The maximum absolute atomic E-state index is 4.38. The Hall–Kier alpha value is -1.62. The first-order valence-corrected chi connectivity index (χ1v) is 6.87. The first-order chi connectivity index (χ1) is 8.67. The molecule has 5 heteroatoms. The Morgan fingerprint density at radius 3 is 2.44 bits per heavy atom. The van der Waals surface area contributed by atoms with Crippen LogP contribution in [0, 0.1) is 13.8 Å². The third kappa shape index (κ3) is 3.43. The van der Waals surface area contributed by atoms with Crippen molar-refractivity contribution in [2.75, 3.05) is 17.2 Å². The molecular weight excluding hydrogens is 244 g/mol. The van der Waals surface area contributed by atoms with Gasteiger partial charge in [0, 0.05) is 22.4 Å². The van der Waals surface area contributed by atoms with Crippen LogP contribution in [-0.4, -0.2) is 16.5 Å². The van der Waals surface area contributed by atoms with Crippen molar-refractivity contribution < 1.29 is 0 Å². The third-order valence-corrected chi connectivity index (χ3v) is 3.44. The SMILES string of the molecule is CCNc1cc(NCc2ccc(C)s2)nc(C)n1. The zero-order valence-corrected chi connectivity index (χ0v) is 11.8. The Morgan fingerprint density at radius 2 is 1.83 bits per heavy atom. The van der Waals surface area contributed by atoms with E-state index in [-0.39, 0.29) is 0 Å². The van der Waals surface area contributed by atoms with E-state index in [4.69, 9.17) is 0 Å². The van der Waals surface area contributed by atoms with Crippen LogP contribution < -0.4 is 10.6 Å². The molecule has 0 saturated carbocycles. The molecule has 0 radical (unpaired) electrons. The maximum atomic E-state index is 4.38. The zero-order chi connectivity index (χ0) is 13.0. The van der Waals surface area contributed by atoms with Crippen LogP contribution in [0.4, 0.5) is 11.6 Å². The second kappa shape index (κ2) is 5.82. The lowest BCUT2D eigenvalue weighted by Crippen LogP contribution is -2.06. The molecule has 96 valence electrons. The number of hydrogen-bond acceptors (Lipinski definition) is 5. The largest absolute Gasteiger partial charge is 0.370 e. The maximum Gasteiger partial charge on any atom is 0.132 e. The van der Waals surface area contributed by atoms with Gasteiger partial charge < -0.3 is 10.6 Å². The Kier molecular flexibility index (Phi) is 4.15. The highest BCUT2D eigenvalue weighted by atomic mass is 32.1. The van der Waals surface area contributed by atoms with E-state index in [9.17, 15) is 0 Å². The summed E-state index contributed by atoms with van der Waals surface area (Å²) in [5, 5.41) is 6.54. The highest BCUT2D eigenvalue weighted by Gasteiger charge is 2.02. The fourth-order valence-electron chi connectivity index (χ4n) is 1.69. The predicted molar refractivity (Wildman–Crippen MR) is 77.3 cm³/mol. The summed E-state index contributed by atoms with van der Waals surface area (Å²) < 4.78 is 0. The Morgan fingerprint density at radius 1 is 1.11 bits per heavy atom. The van der Waals surface area contributed by atoms with Gasteiger partial charge in [-0.3, -0.25) is 0 Å². The number of thiophene rings is 1. The van der Waals surface area contributed by atoms with Crippen molar-refractivity contribution in [1.29, 1.82) is 0 Å². The number of nitrogens with one attached hydrogen (secondary N) is 2. The van der Waals surface area contributed by atoms with E-state index in [1.807, 2.05) is 13.0 Å². The highest BCUT2D eigenvalue weighted by Crippen LogP contribution is 2.17. The van der Waals surface area contributed by atoms with Crippen molar-refractivity contribution in [3.8, 4) is 0 Å². The summed E-state index contributed by atoms with van der Waals surface area (Å²) in [5.41, 5.74) is 0. The smallest absolute Gasteiger partial charge is 0.132 e. The van der Waals surface area contributed by atoms with Gasteiger partial charge in [-0.2, -0.15) is 0 Å². The molecule has 0 aliphatic rings. The van der Waals surface area contributed by atoms with Crippen LogP contribution in [0.1, 0.15) is 22.5 Å². The molecule has 0 aliphatic heterocycles. The van der Waals surface area contributed by atoms with Crippen LogP contribution >= 0.6 is 11.3 Å². The molecule has 0 bridgehead atoms. The first kappa shape index (κ1) is 12.8. The van der Waals surface area contributed by atoms with Crippen LogP contribution in [-0.2, 0) is 6.54 Å². The minimum absolute atomic E-state index is 0.776. The molecule has 0 fully saturated rings. The molecule has 0 aliphatic carbocycles. The summed E-state index contributed by atoms with van der Waals surface area (Å²) in [6.07, 6.45) is 0. The topological polar surface area (TPSA) is 49.8 Å². The van der Waals surface area contributed by atoms with E-state index in [1.54, 1.807) is 11.3 Å². The van der Waals surface area contributed by atoms with Crippen molar-refractivity contribution in [1.82, 2.24) is 9.97 Å². The fourth-order valence-corrected chi connectivity index (χ4v) is 2.52. The van der Waals surface area contributed by atoms with Crippen molar-refractivity contribution >= 4 is 23.0 Å². The van der Waals surface area contributed by atoms with Gasteiger partial charge in [0.15, 0.2) is 0 Å². The molecular formula is C13H18N4S. The molecule has 0 amide bonds. The quantitative estimate of drug-likeness (QED) is 0.869. The van der Waals surface area contributed by atoms with Crippen molar-refractivity contribution in [3.05, 3.63) is 33.8 Å². The summed E-state index contributed by atoms with van der Waals surface area (Å²) in [7, 11) is 0. The molecule has 0 aromatic carbocycles. The van der Waals surface area contributed by atoms with E-state index in [1.165, 1.54) is 9.75 Å². The fraction of sp³-hybridized carbons (Fsp3) is 0.385. The molecule has 18 heavy (non-hydrogen) atoms. The average Bonchev–Trinajstić information content (AvgIpc) is 2.72. The number of rotatable bonds is 5. The van der Waals surface area contributed by atoms with Gasteiger partial charge in [-0.25, -0.2) is 9.97 Å². The number of anilines is 2. The third-order valence-electron chi connectivity index (χ3n) is 2.44. The van der Waals surface area contributed by atoms with Gasteiger partial charge in [0.2, 0.25) is 0 Å². The van der Waals surface area contributed by atoms with E-state index >= 15 is 0 Å². The van der Waals surface area contributed by atoms with E-state index in [0.717, 1.165) is 30.5 Å². The first-order valence-electron chi connectivity index (χ1n) is 6.06. The summed E-state index contributed by atoms with van der Waals surface area (Å²) in [5.74, 6) is 2.51. The predicted octanol–water partition coefficient (Wildman–Crippen LogP) is 3.20. The van der Waals surface area contributed by atoms with Gasteiger partial charge >= 0.3 is 0 Å². The zero-order valence-electron chi connectivity index (χ0n) is 10.9. The van der Waals surface area contributed by atoms with Crippen LogP contribution in [0.2, 0.25) is 0 Å². The van der Waals surface area contributed by atoms with Gasteiger partial charge in [-0.15, -0.1) is 11.3 Å². The lowest BCUT2D eigenvalue weighted by molar-refractivity contribution is 1.02. The Balaban J connectivity index is 2.04. The summed E-state index contributed by atoms with van der Waals surface area (Å²) in [6.45, 7) is 7.74. The van der Waals surface area contributed by atoms with Crippen LogP contribution in [0.5, 0.6) is 0 Å². The Labute approximate surface area is 111 Å². The molecule has 2 heterocycles. The van der Waals surface area contributed by atoms with Gasteiger partial charge in [0.05, 0.1) is 6.54 Å². The second-order valence-electron chi connectivity index (χ2n) is 4.08. The van der Waals surface area contributed by atoms with Gasteiger partial charge in [0.25, 0.3) is 0 Å². The van der Waals surface area contributed by atoms with Gasteiger partial charge in [-0.05, 0) is 32.9 Å². The van der Waals surface area contributed by atoms with Crippen LogP contribution in [0.3, 0.4) is 0 Å². The van der Waals surface area contributed by atoms with E-state index in [0.29, 0.717) is 0 Å². The number of nitrogens with zero attached hydrogens (tertiary/aromatic N) is 2. The van der Waals surface area contributed by atoms with Crippen molar-refractivity contribution in [3.63, 3.8) is 0 Å². The standard InChI is InChI=1S/C13H18N4S/c1-4-14-12-7-13(17-10(3)16-12)15-8-11-6-5-9(2)18-11/h5-7H,4,8H2,1-3H3,(H2,14,15,16,17). The minimum atomic E-state index is 0.776. The van der Waals surface area contributed by atoms with E-state index in [2.05, 4.69) is 46.6 Å². The molecule has 0 spiro atoms. The highest BCUT2D eigenvalue weighted by molar-refractivity contribution is 7.11. The summed E-state index contributed by atoms with van der Waals surface area (Å²) in [4.78, 5) is 11.3. The summed E-state index contributed by atoms with van der Waals surface area (Å²) in [6, 6.07) is 6.22. The molecule has 2 N–H and O–H groups in total. The lowest BCUT2D eigenvalue weighted by atomic mass is 10.4. The molecule has 0 unspecified atom stereocenters. The van der Waals surface area contributed by atoms with Crippen molar-refractivity contribution in [2.45, 2.75) is 27.3 Å². The molecule has 2 rings (SSSR count). The van der Waals surface area contributed by atoms with Gasteiger partial charge in [-0.1, -0.05) is 0 Å². The molecule has 2 aromatic rings. The van der Waals surface area contributed by atoms with E-state index < -0.39 is 0 Å². The van der Waals surface area contributed by atoms with Gasteiger partial charge in [0.1, 0.15) is 17.5 Å². The normalized spacial score (nSPS) is 10.4. The average molecular weight is 262 g/mol. The Bertz CT molecular complexity index is 521. The monoisotopic (exact) mass is 262 g/mol. The van der Waals surface area contributed by atoms with Crippen LogP contribution in [0.15, 0.2) is 18.2 Å². The lowest BCUT2D eigenvalue weighted by Gasteiger charge is -2.08. The number of aromatic nitrogens is 2. The van der Waals surface area contributed by atoms with Crippen molar-refractivity contribution in [2.24, 2.45) is 0 Å². The minimum Gasteiger partial charge on any atom is -0.370 e. The summed E-state index contributed by atoms with van der Waals surface area (Å²) >= 11 is 1.80.